The molecule has 17 heavy (non-hydrogen) atoms. The Kier molecular flexibility index (Phi) is 3.44. The van der Waals surface area contributed by atoms with Gasteiger partial charge >= 0.3 is 0 Å². The average Bonchev–Trinajstić information content (AvgIpc) is 2.28. The minimum Gasteiger partial charge on any atom is -0.382 e. The van der Waals surface area contributed by atoms with E-state index in [0.717, 1.165) is 0 Å². The number of nitrogens with zero attached hydrogens (tertiary/aromatic N) is 2. The van der Waals surface area contributed by atoms with Gasteiger partial charge in [-0.2, -0.15) is 0 Å². The van der Waals surface area contributed by atoms with Crippen LogP contribution in [0.1, 0.15) is 0 Å². The first-order valence-corrected chi connectivity index (χ1v) is 5.73. The normalized spacial score (nSPS) is 10.3. The minimum atomic E-state index is -0.337. The van der Waals surface area contributed by atoms with Crippen LogP contribution in [0.5, 0.6) is 0 Å². The van der Waals surface area contributed by atoms with Crippen molar-refractivity contribution in [3.63, 3.8) is 0 Å². The molecule has 0 bridgehead atoms. The second-order valence-electron chi connectivity index (χ2n) is 3.17. The molecule has 0 aliphatic rings. The highest BCUT2D eigenvalue weighted by Crippen LogP contribution is 2.30. The summed E-state index contributed by atoms with van der Waals surface area (Å²) in [7, 11) is 0. The van der Waals surface area contributed by atoms with E-state index >= 15 is 0 Å². The highest BCUT2D eigenvalue weighted by molar-refractivity contribution is 9.10. The number of halogens is 3. The fourth-order valence-corrected chi connectivity index (χ4v) is 1.78. The maximum atomic E-state index is 12.9. The molecule has 0 atom stereocenters. The zero-order valence-corrected chi connectivity index (χ0v) is 10.8. The molecule has 0 amide bonds. The summed E-state index contributed by atoms with van der Waals surface area (Å²) in [6, 6.07) is 4.22. The Balaban J connectivity index is 2.35. The predicted molar refractivity (Wildman–Crippen MR) is 68.8 cm³/mol. The molecule has 0 aliphatic carbocycles. The molecule has 2 rings (SSSR count). The van der Waals surface area contributed by atoms with Crippen LogP contribution in [0.3, 0.4) is 0 Å². The van der Waals surface area contributed by atoms with Crippen molar-refractivity contribution in [3.05, 3.63) is 39.8 Å². The van der Waals surface area contributed by atoms with Gasteiger partial charge in [0.25, 0.3) is 0 Å². The first-order chi connectivity index (χ1) is 8.08. The summed E-state index contributed by atoms with van der Waals surface area (Å²) in [6.45, 7) is 0. The standard InChI is InChI=1S/C10H7BrClFN4/c11-6-3-5(13)1-2-7(6)17-10-8(12)9(14)15-4-16-10/h1-4H,(H3,14,15,16,17). The molecule has 4 nitrogen and oxygen atoms in total. The van der Waals surface area contributed by atoms with Crippen molar-refractivity contribution >= 4 is 44.9 Å². The van der Waals surface area contributed by atoms with Crippen molar-refractivity contribution in [2.75, 3.05) is 11.1 Å². The zero-order valence-electron chi connectivity index (χ0n) is 8.42. The van der Waals surface area contributed by atoms with Gasteiger partial charge in [0.15, 0.2) is 5.82 Å². The van der Waals surface area contributed by atoms with Gasteiger partial charge in [-0.05, 0) is 34.1 Å². The van der Waals surface area contributed by atoms with Gasteiger partial charge in [0.05, 0.1) is 5.69 Å². The fraction of sp³-hybridized carbons (Fsp3) is 0. The summed E-state index contributed by atoms with van der Waals surface area (Å²) in [4.78, 5) is 7.69. The molecule has 0 aliphatic heterocycles. The molecule has 0 spiro atoms. The first kappa shape index (κ1) is 12.1. The molecule has 3 N–H and O–H groups in total. The summed E-state index contributed by atoms with van der Waals surface area (Å²) in [5.41, 5.74) is 6.17. The number of benzene rings is 1. The van der Waals surface area contributed by atoms with E-state index in [1.807, 2.05) is 0 Å². The van der Waals surface area contributed by atoms with Crippen LogP contribution in [-0.4, -0.2) is 9.97 Å². The Hall–Kier alpha value is -1.40. The Labute approximate surface area is 110 Å². The lowest BCUT2D eigenvalue weighted by Gasteiger charge is -2.09. The van der Waals surface area contributed by atoms with Gasteiger partial charge in [0.2, 0.25) is 0 Å². The number of rotatable bonds is 2. The van der Waals surface area contributed by atoms with Crippen LogP contribution in [-0.2, 0) is 0 Å². The summed E-state index contributed by atoms with van der Waals surface area (Å²) in [6.07, 6.45) is 1.29. The lowest BCUT2D eigenvalue weighted by molar-refractivity contribution is 0.627. The number of hydrogen-bond acceptors (Lipinski definition) is 4. The molecule has 1 heterocycles. The Morgan fingerprint density at radius 1 is 1.35 bits per heavy atom. The van der Waals surface area contributed by atoms with Crippen molar-refractivity contribution in [2.24, 2.45) is 0 Å². The lowest BCUT2D eigenvalue weighted by atomic mass is 10.3. The van der Waals surface area contributed by atoms with Crippen LogP contribution in [0.4, 0.5) is 21.7 Å². The third kappa shape index (κ3) is 2.65. The summed E-state index contributed by atoms with van der Waals surface area (Å²) in [5.74, 6) is 0.213. The van der Waals surface area contributed by atoms with Crippen LogP contribution >= 0.6 is 27.5 Å². The van der Waals surface area contributed by atoms with Crippen LogP contribution in [0.15, 0.2) is 29.0 Å². The van der Waals surface area contributed by atoms with E-state index in [2.05, 4.69) is 31.2 Å². The van der Waals surface area contributed by atoms with Gasteiger partial charge < -0.3 is 11.1 Å². The van der Waals surface area contributed by atoms with E-state index in [0.29, 0.717) is 16.0 Å². The van der Waals surface area contributed by atoms with E-state index in [1.165, 1.54) is 18.5 Å². The smallest absolute Gasteiger partial charge is 0.154 e. The third-order valence-corrected chi connectivity index (χ3v) is 3.03. The average molecular weight is 318 g/mol. The van der Waals surface area contributed by atoms with Gasteiger partial charge in [-0.3, -0.25) is 0 Å². The molecule has 7 heteroatoms. The van der Waals surface area contributed by atoms with Crippen molar-refractivity contribution < 1.29 is 4.39 Å². The van der Waals surface area contributed by atoms with Gasteiger partial charge in [-0.1, -0.05) is 11.6 Å². The molecular formula is C10H7BrClFN4. The molecule has 88 valence electrons. The molecule has 1 aromatic carbocycles. The molecule has 0 saturated heterocycles. The summed E-state index contributed by atoms with van der Waals surface area (Å²) in [5, 5.41) is 3.16. The number of aromatic nitrogens is 2. The number of nitrogen functional groups attached to an aromatic ring is 1. The Morgan fingerprint density at radius 3 is 2.82 bits per heavy atom. The SMILES string of the molecule is Nc1ncnc(Nc2ccc(F)cc2Br)c1Cl. The first-order valence-electron chi connectivity index (χ1n) is 4.56. The topological polar surface area (TPSA) is 63.8 Å². The van der Waals surface area contributed by atoms with E-state index in [9.17, 15) is 4.39 Å². The highest BCUT2D eigenvalue weighted by Gasteiger charge is 2.08. The molecule has 0 fully saturated rings. The fourth-order valence-electron chi connectivity index (χ4n) is 1.19. The van der Waals surface area contributed by atoms with Crippen molar-refractivity contribution in [2.45, 2.75) is 0 Å². The second-order valence-corrected chi connectivity index (χ2v) is 4.40. The molecule has 0 saturated carbocycles. The highest BCUT2D eigenvalue weighted by atomic mass is 79.9. The quantitative estimate of drug-likeness (QED) is 0.891. The van der Waals surface area contributed by atoms with Crippen LogP contribution in [0, 0.1) is 5.82 Å². The predicted octanol–water partition coefficient (Wildman–Crippen LogP) is 3.36. The molecular weight excluding hydrogens is 310 g/mol. The van der Waals surface area contributed by atoms with Gasteiger partial charge in [0, 0.05) is 4.47 Å². The number of anilines is 3. The van der Waals surface area contributed by atoms with E-state index in [4.69, 9.17) is 17.3 Å². The Morgan fingerprint density at radius 2 is 2.12 bits per heavy atom. The Bertz CT molecular complexity index is 564. The monoisotopic (exact) mass is 316 g/mol. The molecule has 0 unspecified atom stereocenters. The minimum absolute atomic E-state index is 0.183. The second kappa shape index (κ2) is 4.85. The summed E-state index contributed by atoms with van der Waals surface area (Å²) >= 11 is 9.15. The van der Waals surface area contributed by atoms with E-state index in [-0.39, 0.29) is 16.7 Å². The maximum absolute atomic E-state index is 12.9. The van der Waals surface area contributed by atoms with Crippen LogP contribution < -0.4 is 11.1 Å². The van der Waals surface area contributed by atoms with Crippen molar-refractivity contribution in [1.29, 1.82) is 0 Å². The largest absolute Gasteiger partial charge is 0.382 e. The zero-order chi connectivity index (χ0) is 12.4. The maximum Gasteiger partial charge on any atom is 0.154 e. The van der Waals surface area contributed by atoms with Gasteiger partial charge in [-0.25, -0.2) is 14.4 Å². The number of hydrogen-bond donors (Lipinski definition) is 2. The third-order valence-electron chi connectivity index (χ3n) is 2.00. The molecule has 2 aromatic rings. The van der Waals surface area contributed by atoms with Crippen LogP contribution in [0.25, 0.3) is 0 Å². The number of nitrogens with two attached hydrogens (primary N) is 1. The van der Waals surface area contributed by atoms with Crippen molar-refractivity contribution in [3.8, 4) is 0 Å². The summed E-state index contributed by atoms with van der Waals surface area (Å²) < 4.78 is 13.5. The van der Waals surface area contributed by atoms with Gasteiger partial charge in [0.1, 0.15) is 23.0 Å². The number of nitrogens with one attached hydrogen (secondary N) is 1. The molecule has 1 aromatic heterocycles. The molecule has 0 radical (unpaired) electrons. The van der Waals surface area contributed by atoms with Crippen molar-refractivity contribution in [1.82, 2.24) is 9.97 Å². The lowest BCUT2D eigenvalue weighted by Crippen LogP contribution is -2.00. The van der Waals surface area contributed by atoms with E-state index in [1.54, 1.807) is 6.07 Å². The van der Waals surface area contributed by atoms with E-state index < -0.39 is 0 Å². The van der Waals surface area contributed by atoms with Gasteiger partial charge in [-0.15, -0.1) is 0 Å². The van der Waals surface area contributed by atoms with Crippen LogP contribution in [0.2, 0.25) is 5.02 Å².